The van der Waals surface area contributed by atoms with E-state index in [2.05, 4.69) is 9.97 Å². The smallest absolute Gasteiger partial charge is 0.350 e. The van der Waals surface area contributed by atoms with Crippen molar-refractivity contribution in [2.75, 3.05) is 11.4 Å². The van der Waals surface area contributed by atoms with Crippen LogP contribution in [0.2, 0.25) is 0 Å². The van der Waals surface area contributed by atoms with Crippen LogP contribution in [0.5, 0.6) is 0 Å². The van der Waals surface area contributed by atoms with Crippen LogP contribution in [0.4, 0.5) is 32.0 Å². The minimum absolute atomic E-state index is 0.0863. The van der Waals surface area contributed by atoms with Crippen molar-refractivity contribution >= 4 is 5.69 Å². The van der Waals surface area contributed by atoms with Gasteiger partial charge in [0.05, 0.1) is 5.69 Å². The number of rotatable bonds is 3. The van der Waals surface area contributed by atoms with E-state index in [-0.39, 0.29) is 24.0 Å². The van der Waals surface area contributed by atoms with E-state index < -0.39 is 29.9 Å². The fraction of sp³-hybridized carbons (Fsp3) is 0.368. The summed E-state index contributed by atoms with van der Waals surface area (Å²) >= 11 is 0. The highest BCUT2D eigenvalue weighted by molar-refractivity contribution is 5.50. The first kappa shape index (κ1) is 20.9. The maximum Gasteiger partial charge on any atom is 0.433 e. The third kappa shape index (κ3) is 4.46. The molecule has 0 spiro atoms. The van der Waals surface area contributed by atoms with Crippen molar-refractivity contribution in [1.29, 1.82) is 0 Å². The van der Waals surface area contributed by atoms with Crippen molar-refractivity contribution in [3.63, 3.8) is 0 Å². The minimum Gasteiger partial charge on any atom is -0.350 e. The molecule has 0 radical (unpaired) electrons. The number of alkyl halides is 6. The molecule has 10 heteroatoms. The van der Waals surface area contributed by atoms with E-state index >= 15 is 0 Å². The van der Waals surface area contributed by atoms with E-state index in [1.54, 1.807) is 22.1 Å². The number of hydrogen-bond donors (Lipinski definition) is 0. The molecule has 1 atom stereocenters. The van der Waals surface area contributed by atoms with E-state index in [0.717, 1.165) is 18.3 Å². The fourth-order valence-electron chi connectivity index (χ4n) is 3.14. The summed E-state index contributed by atoms with van der Waals surface area (Å²) < 4.78 is 78.8. The molecule has 4 nitrogen and oxygen atoms in total. The van der Waals surface area contributed by atoms with Crippen LogP contribution < -0.4 is 4.90 Å². The van der Waals surface area contributed by atoms with Gasteiger partial charge < -0.3 is 9.80 Å². The lowest BCUT2D eigenvalue weighted by Gasteiger charge is -2.44. The molecule has 0 aromatic carbocycles. The summed E-state index contributed by atoms with van der Waals surface area (Å²) in [6.45, 7) is 3.87. The molecular weight excluding hydrogens is 398 g/mol. The van der Waals surface area contributed by atoms with Gasteiger partial charge in [-0.15, -0.1) is 0 Å². The molecule has 2 aromatic heterocycles. The molecule has 3 heterocycles. The summed E-state index contributed by atoms with van der Waals surface area (Å²) in [5.41, 5.74) is -1.86. The quantitative estimate of drug-likeness (QED) is 0.640. The molecule has 0 aliphatic carbocycles. The second-order valence-corrected chi connectivity index (χ2v) is 6.79. The van der Waals surface area contributed by atoms with Gasteiger partial charge in [-0.3, -0.25) is 4.98 Å². The fourth-order valence-corrected chi connectivity index (χ4v) is 3.14. The Labute approximate surface area is 163 Å². The van der Waals surface area contributed by atoms with Crippen LogP contribution in [0, 0.1) is 0 Å². The molecule has 0 saturated carbocycles. The van der Waals surface area contributed by atoms with E-state index in [9.17, 15) is 26.3 Å². The SMILES string of the molecule is CC(C)N1C=CCN(c2ccnc(C(F)(F)F)c2)C1c1cccc(C(F)(F)F)n1. The highest BCUT2D eigenvalue weighted by atomic mass is 19.4. The summed E-state index contributed by atoms with van der Waals surface area (Å²) in [7, 11) is 0. The second-order valence-electron chi connectivity index (χ2n) is 6.79. The van der Waals surface area contributed by atoms with Crippen molar-refractivity contribution in [2.45, 2.75) is 38.4 Å². The summed E-state index contributed by atoms with van der Waals surface area (Å²) in [6.07, 6.45) is -5.59. The van der Waals surface area contributed by atoms with Gasteiger partial charge >= 0.3 is 12.4 Å². The molecule has 0 amide bonds. The Morgan fingerprint density at radius 2 is 1.69 bits per heavy atom. The van der Waals surface area contributed by atoms with Gasteiger partial charge in [0.1, 0.15) is 17.6 Å². The van der Waals surface area contributed by atoms with E-state index in [1.165, 1.54) is 18.2 Å². The lowest BCUT2D eigenvalue weighted by molar-refractivity contribution is -0.142. The van der Waals surface area contributed by atoms with Crippen LogP contribution in [0.15, 0.2) is 48.8 Å². The zero-order valence-corrected chi connectivity index (χ0v) is 15.5. The maximum absolute atomic E-state index is 13.2. The van der Waals surface area contributed by atoms with E-state index in [0.29, 0.717) is 0 Å². The zero-order valence-electron chi connectivity index (χ0n) is 15.5. The highest BCUT2D eigenvalue weighted by Crippen LogP contribution is 2.37. The van der Waals surface area contributed by atoms with Gasteiger partial charge in [0, 0.05) is 24.5 Å². The van der Waals surface area contributed by atoms with Crippen molar-refractivity contribution < 1.29 is 26.3 Å². The molecule has 0 N–H and O–H groups in total. The van der Waals surface area contributed by atoms with E-state index in [1.807, 2.05) is 13.8 Å². The Kier molecular flexibility index (Phi) is 5.46. The van der Waals surface area contributed by atoms with Gasteiger partial charge in [0.2, 0.25) is 0 Å². The van der Waals surface area contributed by atoms with Crippen molar-refractivity contribution in [1.82, 2.24) is 14.9 Å². The average molecular weight is 416 g/mol. The number of anilines is 1. The Hall–Kier alpha value is -2.78. The molecule has 0 bridgehead atoms. The topological polar surface area (TPSA) is 32.3 Å². The number of aromatic nitrogens is 2. The number of halogens is 6. The number of hydrogen-bond acceptors (Lipinski definition) is 4. The molecule has 3 rings (SSSR count). The third-order valence-corrected chi connectivity index (χ3v) is 4.44. The first-order valence-electron chi connectivity index (χ1n) is 8.76. The summed E-state index contributed by atoms with van der Waals surface area (Å²) in [4.78, 5) is 10.4. The van der Waals surface area contributed by atoms with Crippen molar-refractivity contribution in [2.24, 2.45) is 0 Å². The molecule has 1 unspecified atom stereocenters. The molecule has 0 fully saturated rings. The molecule has 0 saturated heterocycles. The van der Waals surface area contributed by atoms with Crippen LogP contribution in [0.3, 0.4) is 0 Å². The van der Waals surface area contributed by atoms with Gasteiger partial charge in [-0.25, -0.2) is 4.98 Å². The Balaban J connectivity index is 2.11. The normalized spacial score (nSPS) is 17.9. The Morgan fingerprint density at radius 3 is 2.31 bits per heavy atom. The lowest BCUT2D eigenvalue weighted by atomic mass is 10.1. The van der Waals surface area contributed by atoms with Crippen molar-refractivity contribution in [3.8, 4) is 0 Å². The molecular formula is C19H18F6N4. The Morgan fingerprint density at radius 1 is 1.00 bits per heavy atom. The molecule has 1 aliphatic rings. The van der Waals surface area contributed by atoms with Crippen LogP contribution in [0.25, 0.3) is 0 Å². The van der Waals surface area contributed by atoms with Gasteiger partial charge in [0.25, 0.3) is 0 Å². The monoisotopic (exact) mass is 416 g/mol. The first-order chi connectivity index (χ1) is 13.5. The van der Waals surface area contributed by atoms with Gasteiger partial charge in [0.15, 0.2) is 0 Å². The van der Waals surface area contributed by atoms with Crippen LogP contribution in [-0.4, -0.2) is 27.5 Å². The molecule has 1 aliphatic heterocycles. The minimum atomic E-state index is -4.64. The van der Waals surface area contributed by atoms with E-state index in [4.69, 9.17) is 0 Å². The third-order valence-electron chi connectivity index (χ3n) is 4.44. The van der Waals surface area contributed by atoms with Gasteiger partial charge in [-0.2, -0.15) is 26.3 Å². The van der Waals surface area contributed by atoms with Crippen LogP contribution in [-0.2, 0) is 12.4 Å². The number of pyridine rings is 2. The van der Waals surface area contributed by atoms with Crippen molar-refractivity contribution in [3.05, 3.63) is 65.9 Å². The summed E-state index contributed by atoms with van der Waals surface area (Å²) in [6, 6.07) is 5.69. The predicted molar refractivity (Wildman–Crippen MR) is 94.7 cm³/mol. The first-order valence-corrected chi connectivity index (χ1v) is 8.76. The predicted octanol–water partition coefficient (Wildman–Crippen LogP) is 5.26. The second kappa shape index (κ2) is 7.57. The average Bonchev–Trinajstić information content (AvgIpc) is 2.66. The standard InChI is InChI=1S/C19H18F6N4/c1-12(2)28-9-4-10-29(13-7-8-26-16(11-13)19(23,24)25)17(28)14-5-3-6-15(27-14)18(20,21)22/h3-9,11-12,17H,10H2,1-2H3. The lowest BCUT2D eigenvalue weighted by Crippen LogP contribution is -2.45. The maximum atomic E-state index is 13.2. The molecule has 29 heavy (non-hydrogen) atoms. The molecule has 2 aromatic rings. The van der Waals surface area contributed by atoms with Gasteiger partial charge in [-0.1, -0.05) is 6.07 Å². The molecule has 156 valence electrons. The van der Waals surface area contributed by atoms with Gasteiger partial charge in [-0.05, 0) is 50.4 Å². The van der Waals surface area contributed by atoms with Crippen LogP contribution >= 0.6 is 0 Å². The Bertz CT molecular complexity index is 891. The van der Waals surface area contributed by atoms with Crippen LogP contribution in [0.1, 0.15) is 37.1 Å². The largest absolute Gasteiger partial charge is 0.433 e. The number of nitrogens with zero attached hydrogens (tertiary/aromatic N) is 4. The summed E-state index contributed by atoms with van der Waals surface area (Å²) in [5.74, 6) is 0. The highest BCUT2D eigenvalue weighted by Gasteiger charge is 2.37. The summed E-state index contributed by atoms with van der Waals surface area (Å²) in [5, 5.41) is 0. The zero-order chi connectivity index (χ0) is 21.4.